The van der Waals surface area contributed by atoms with Gasteiger partial charge < -0.3 is 24.3 Å². The number of nitrogens with zero attached hydrogens (tertiary/aromatic N) is 1. The largest absolute Gasteiger partial charge is 0.493 e. The number of ether oxygens (including phenoxy) is 4. The third-order valence-corrected chi connectivity index (χ3v) is 4.32. The second-order valence-corrected chi connectivity index (χ2v) is 6.21. The van der Waals surface area contributed by atoms with Crippen molar-refractivity contribution in [1.29, 1.82) is 0 Å². The average Bonchev–Trinajstić information content (AvgIpc) is 3.45. The van der Waals surface area contributed by atoms with Crippen LogP contribution in [0.25, 0.3) is 11.3 Å². The molecule has 2 N–H and O–H groups in total. The first-order valence-corrected chi connectivity index (χ1v) is 9.20. The van der Waals surface area contributed by atoms with E-state index in [2.05, 4.69) is 27.4 Å². The number of para-hydroxylation sites is 2. The van der Waals surface area contributed by atoms with Gasteiger partial charge in [0, 0.05) is 5.56 Å². The van der Waals surface area contributed by atoms with E-state index in [4.69, 9.17) is 18.9 Å². The minimum absolute atomic E-state index is 0.187. The predicted octanol–water partition coefficient (Wildman–Crippen LogP) is 2.63. The summed E-state index contributed by atoms with van der Waals surface area (Å²) in [5.74, 6) is 8.02. The molecule has 0 fully saturated rings. The van der Waals surface area contributed by atoms with Gasteiger partial charge in [-0.2, -0.15) is 5.10 Å². The number of hydrogen-bond acceptors (Lipinski definition) is 6. The fourth-order valence-electron chi connectivity index (χ4n) is 2.83. The minimum Gasteiger partial charge on any atom is -0.493 e. The molecule has 0 radical (unpaired) electrons. The van der Waals surface area contributed by atoms with Crippen LogP contribution in [-0.2, 0) is 0 Å². The molecule has 152 valence electrons. The van der Waals surface area contributed by atoms with Gasteiger partial charge in [-0.1, -0.05) is 24.0 Å². The molecule has 30 heavy (non-hydrogen) atoms. The zero-order chi connectivity index (χ0) is 20.8. The second-order valence-electron chi connectivity index (χ2n) is 6.21. The second kappa shape index (κ2) is 8.92. The summed E-state index contributed by atoms with van der Waals surface area (Å²) in [6.07, 6.45) is 0. The summed E-state index contributed by atoms with van der Waals surface area (Å²) in [5.41, 5.74) is 1.80. The Labute approximate surface area is 173 Å². The van der Waals surface area contributed by atoms with Crippen molar-refractivity contribution in [2.45, 2.75) is 0 Å². The molecule has 2 aromatic carbocycles. The van der Waals surface area contributed by atoms with Crippen LogP contribution in [0.15, 0.2) is 48.5 Å². The number of carbonyl (C=O) groups is 1. The van der Waals surface area contributed by atoms with Gasteiger partial charge >= 0.3 is 0 Å². The third-order valence-electron chi connectivity index (χ3n) is 4.32. The van der Waals surface area contributed by atoms with Gasteiger partial charge in [-0.25, -0.2) is 0 Å². The van der Waals surface area contributed by atoms with E-state index in [1.807, 2.05) is 36.4 Å². The summed E-state index contributed by atoms with van der Waals surface area (Å²) in [5, 5.41) is 9.65. The van der Waals surface area contributed by atoms with Crippen LogP contribution in [0.5, 0.6) is 23.0 Å². The average molecular weight is 405 g/mol. The molecule has 0 bridgehead atoms. The van der Waals surface area contributed by atoms with Crippen LogP contribution in [0.1, 0.15) is 10.5 Å². The van der Waals surface area contributed by atoms with Gasteiger partial charge in [0.05, 0.1) is 19.3 Å². The summed E-state index contributed by atoms with van der Waals surface area (Å²) in [4.78, 5) is 12.3. The lowest BCUT2D eigenvalue weighted by atomic mass is 10.1. The van der Waals surface area contributed by atoms with Gasteiger partial charge in [0.25, 0.3) is 5.91 Å². The summed E-state index contributed by atoms with van der Waals surface area (Å²) < 4.78 is 21.4. The number of benzene rings is 2. The number of hydrogen-bond donors (Lipinski definition) is 2. The number of rotatable bonds is 6. The van der Waals surface area contributed by atoms with Crippen molar-refractivity contribution in [3.05, 3.63) is 54.2 Å². The molecule has 0 atom stereocenters. The van der Waals surface area contributed by atoms with Gasteiger partial charge in [0.1, 0.15) is 12.3 Å². The molecule has 1 aliphatic rings. The number of fused-ring (bicyclic) bond motifs is 1. The molecule has 0 aliphatic carbocycles. The summed E-state index contributed by atoms with van der Waals surface area (Å²) in [6, 6.07) is 14.5. The maximum Gasteiger partial charge on any atom is 0.270 e. The van der Waals surface area contributed by atoms with E-state index in [9.17, 15) is 4.79 Å². The van der Waals surface area contributed by atoms with Crippen molar-refractivity contribution in [3.63, 3.8) is 0 Å². The third kappa shape index (κ3) is 4.31. The molecule has 3 aromatic rings. The minimum atomic E-state index is -0.297. The summed E-state index contributed by atoms with van der Waals surface area (Å²) in [6.45, 7) is 0.582. The summed E-state index contributed by atoms with van der Waals surface area (Å²) >= 11 is 0. The SMILES string of the molecule is COc1ccccc1OCC#CCNC(=O)c1cc(-c2ccc3c(c2)OCO3)n[nH]1. The van der Waals surface area contributed by atoms with E-state index in [1.165, 1.54) is 0 Å². The van der Waals surface area contributed by atoms with Gasteiger partial charge in [-0.05, 0) is 36.4 Å². The van der Waals surface area contributed by atoms with Crippen molar-refractivity contribution >= 4 is 5.91 Å². The van der Waals surface area contributed by atoms with Crippen LogP contribution < -0.4 is 24.3 Å². The highest BCUT2D eigenvalue weighted by atomic mass is 16.7. The fraction of sp³-hybridized carbons (Fsp3) is 0.182. The van der Waals surface area contributed by atoms with E-state index in [-0.39, 0.29) is 25.9 Å². The van der Waals surface area contributed by atoms with Gasteiger partial charge in [-0.15, -0.1) is 0 Å². The lowest BCUT2D eigenvalue weighted by Crippen LogP contribution is -2.24. The first-order valence-electron chi connectivity index (χ1n) is 9.20. The molecule has 4 rings (SSSR count). The van der Waals surface area contributed by atoms with E-state index in [1.54, 1.807) is 19.2 Å². The topological polar surface area (TPSA) is 94.7 Å². The van der Waals surface area contributed by atoms with Gasteiger partial charge in [-0.3, -0.25) is 9.89 Å². The molecule has 1 aliphatic heterocycles. The number of nitrogens with one attached hydrogen (secondary N) is 2. The molecule has 8 nitrogen and oxygen atoms in total. The number of methoxy groups -OCH3 is 1. The maximum absolute atomic E-state index is 12.3. The Balaban J connectivity index is 1.28. The number of aromatic amines is 1. The fourth-order valence-corrected chi connectivity index (χ4v) is 2.83. The Morgan fingerprint density at radius 3 is 2.83 bits per heavy atom. The first-order chi connectivity index (χ1) is 14.7. The zero-order valence-electron chi connectivity index (χ0n) is 16.2. The van der Waals surface area contributed by atoms with E-state index >= 15 is 0 Å². The Kier molecular flexibility index (Phi) is 5.71. The van der Waals surface area contributed by atoms with Crippen molar-refractivity contribution in [2.75, 3.05) is 27.1 Å². The Bertz CT molecular complexity index is 1110. The molecule has 1 amide bonds. The van der Waals surface area contributed by atoms with Crippen LogP contribution in [-0.4, -0.2) is 43.2 Å². The molecular weight excluding hydrogens is 386 g/mol. The van der Waals surface area contributed by atoms with E-state index < -0.39 is 0 Å². The number of amides is 1. The molecule has 0 spiro atoms. The highest BCUT2D eigenvalue weighted by Gasteiger charge is 2.16. The standard InChI is InChI=1S/C22H19N3O5/c1-27-18-6-2-3-7-19(18)28-11-5-4-10-23-22(26)17-13-16(24-25-17)15-8-9-20-21(12-15)30-14-29-20/h2-3,6-9,12-13H,10-11,14H2,1H3,(H,23,26)(H,24,25). The molecule has 0 unspecified atom stereocenters. The number of aromatic nitrogens is 2. The first kappa shape index (κ1) is 19.2. The molecule has 0 saturated carbocycles. The Morgan fingerprint density at radius 1 is 1.13 bits per heavy atom. The number of H-pyrrole nitrogens is 1. The van der Waals surface area contributed by atoms with Gasteiger partial charge in [0.2, 0.25) is 6.79 Å². The zero-order valence-corrected chi connectivity index (χ0v) is 16.2. The van der Waals surface area contributed by atoms with E-state index in [0.29, 0.717) is 34.4 Å². The molecular formula is C22H19N3O5. The van der Waals surface area contributed by atoms with Crippen LogP contribution in [0.2, 0.25) is 0 Å². The van der Waals surface area contributed by atoms with Crippen molar-refractivity contribution < 1.29 is 23.7 Å². The Hall–Kier alpha value is -4.12. The van der Waals surface area contributed by atoms with Crippen molar-refractivity contribution in [3.8, 4) is 46.1 Å². The van der Waals surface area contributed by atoms with E-state index in [0.717, 1.165) is 5.56 Å². The predicted molar refractivity (Wildman–Crippen MR) is 109 cm³/mol. The van der Waals surface area contributed by atoms with Crippen LogP contribution in [0.4, 0.5) is 0 Å². The highest BCUT2D eigenvalue weighted by Crippen LogP contribution is 2.35. The molecule has 1 aromatic heterocycles. The lowest BCUT2D eigenvalue weighted by molar-refractivity contribution is 0.0953. The normalized spacial score (nSPS) is 11.4. The summed E-state index contributed by atoms with van der Waals surface area (Å²) in [7, 11) is 1.58. The van der Waals surface area contributed by atoms with Crippen molar-refractivity contribution in [2.24, 2.45) is 0 Å². The lowest BCUT2D eigenvalue weighted by Gasteiger charge is -2.07. The van der Waals surface area contributed by atoms with Crippen LogP contribution >= 0.6 is 0 Å². The van der Waals surface area contributed by atoms with Crippen molar-refractivity contribution in [1.82, 2.24) is 15.5 Å². The maximum atomic E-state index is 12.3. The molecule has 8 heteroatoms. The molecule has 2 heterocycles. The monoisotopic (exact) mass is 405 g/mol. The van der Waals surface area contributed by atoms with Gasteiger partial charge in [0.15, 0.2) is 23.0 Å². The quantitative estimate of drug-likeness (QED) is 0.613. The highest BCUT2D eigenvalue weighted by molar-refractivity contribution is 5.93. The number of carbonyl (C=O) groups excluding carboxylic acids is 1. The van der Waals surface area contributed by atoms with Crippen LogP contribution in [0.3, 0.4) is 0 Å². The van der Waals surface area contributed by atoms with Crippen LogP contribution in [0, 0.1) is 11.8 Å². The molecule has 0 saturated heterocycles. The smallest absolute Gasteiger partial charge is 0.270 e. The Morgan fingerprint density at radius 2 is 1.97 bits per heavy atom.